The average molecular weight is 255 g/mol. The van der Waals surface area contributed by atoms with Crippen LogP contribution in [0.15, 0.2) is 0 Å². The number of nitrogens with one attached hydrogen (secondary N) is 1. The Morgan fingerprint density at radius 2 is 1.83 bits per heavy atom. The summed E-state index contributed by atoms with van der Waals surface area (Å²) in [5, 5.41) is 3.37. The Morgan fingerprint density at radius 3 is 2.33 bits per heavy atom. The lowest BCUT2D eigenvalue weighted by atomic mass is 9.82. The first-order chi connectivity index (χ1) is 8.50. The van der Waals surface area contributed by atoms with E-state index in [-0.39, 0.29) is 18.1 Å². The van der Waals surface area contributed by atoms with E-state index in [1.807, 2.05) is 6.92 Å². The van der Waals surface area contributed by atoms with Gasteiger partial charge in [-0.05, 0) is 38.5 Å². The molecule has 18 heavy (non-hydrogen) atoms. The molecule has 2 unspecified atom stereocenters. The standard InChI is InChI=1S/C15H29NO2/c1-11(2)10-18-13(4)16-15(12(3)17)14-8-6-5-7-9-14/h11,13-16H,5-10H2,1-4H3. The summed E-state index contributed by atoms with van der Waals surface area (Å²) < 4.78 is 5.71. The summed E-state index contributed by atoms with van der Waals surface area (Å²) in [5.74, 6) is 1.28. The molecule has 0 aromatic heterocycles. The number of ketones is 1. The Balaban J connectivity index is 2.43. The lowest BCUT2D eigenvalue weighted by Gasteiger charge is -2.31. The molecule has 0 aliphatic heterocycles. The Labute approximate surface area is 112 Å². The van der Waals surface area contributed by atoms with Gasteiger partial charge in [0, 0.05) is 0 Å². The van der Waals surface area contributed by atoms with Crippen molar-refractivity contribution in [3.63, 3.8) is 0 Å². The van der Waals surface area contributed by atoms with Gasteiger partial charge in [0.2, 0.25) is 0 Å². The molecule has 3 heteroatoms. The van der Waals surface area contributed by atoms with Gasteiger partial charge in [-0.1, -0.05) is 33.1 Å². The molecule has 1 N–H and O–H groups in total. The van der Waals surface area contributed by atoms with Crippen LogP contribution in [-0.2, 0) is 9.53 Å². The Hall–Kier alpha value is -0.410. The van der Waals surface area contributed by atoms with Crippen LogP contribution < -0.4 is 5.32 Å². The highest BCUT2D eigenvalue weighted by atomic mass is 16.5. The van der Waals surface area contributed by atoms with Crippen molar-refractivity contribution in [2.45, 2.75) is 72.1 Å². The maximum absolute atomic E-state index is 11.8. The second-order valence-corrected chi connectivity index (χ2v) is 6.02. The Bertz CT molecular complexity index is 247. The van der Waals surface area contributed by atoms with Crippen LogP contribution in [0.3, 0.4) is 0 Å². The van der Waals surface area contributed by atoms with E-state index < -0.39 is 0 Å². The molecule has 1 aliphatic carbocycles. The molecule has 0 heterocycles. The molecule has 106 valence electrons. The van der Waals surface area contributed by atoms with Gasteiger partial charge in [0.25, 0.3) is 0 Å². The molecular formula is C15H29NO2. The first kappa shape index (κ1) is 15.6. The van der Waals surface area contributed by atoms with E-state index in [0.29, 0.717) is 11.8 Å². The van der Waals surface area contributed by atoms with E-state index in [0.717, 1.165) is 6.61 Å². The predicted molar refractivity (Wildman–Crippen MR) is 74.4 cm³/mol. The van der Waals surface area contributed by atoms with E-state index in [9.17, 15) is 4.79 Å². The van der Waals surface area contributed by atoms with E-state index in [1.54, 1.807) is 6.92 Å². The Morgan fingerprint density at radius 1 is 1.22 bits per heavy atom. The zero-order valence-corrected chi connectivity index (χ0v) is 12.4. The third-order valence-corrected chi connectivity index (χ3v) is 3.65. The summed E-state index contributed by atoms with van der Waals surface area (Å²) in [5.41, 5.74) is 0. The van der Waals surface area contributed by atoms with Gasteiger partial charge >= 0.3 is 0 Å². The van der Waals surface area contributed by atoms with Gasteiger partial charge in [-0.15, -0.1) is 0 Å². The van der Waals surface area contributed by atoms with Crippen molar-refractivity contribution in [3.05, 3.63) is 0 Å². The van der Waals surface area contributed by atoms with Crippen LogP contribution in [-0.4, -0.2) is 24.7 Å². The van der Waals surface area contributed by atoms with Gasteiger partial charge in [0.05, 0.1) is 12.6 Å². The van der Waals surface area contributed by atoms with Crippen molar-refractivity contribution in [2.24, 2.45) is 11.8 Å². The molecule has 0 radical (unpaired) electrons. The molecule has 1 fully saturated rings. The van der Waals surface area contributed by atoms with E-state index in [1.165, 1.54) is 32.1 Å². The van der Waals surface area contributed by atoms with Crippen LogP contribution in [0.25, 0.3) is 0 Å². The molecule has 0 aromatic carbocycles. The third kappa shape index (κ3) is 5.49. The van der Waals surface area contributed by atoms with Crippen LogP contribution in [0, 0.1) is 11.8 Å². The highest BCUT2D eigenvalue weighted by Crippen LogP contribution is 2.27. The number of carbonyl (C=O) groups is 1. The zero-order valence-electron chi connectivity index (χ0n) is 12.4. The number of rotatable bonds is 7. The predicted octanol–water partition coefficient (Wildman–Crippen LogP) is 3.13. The molecule has 1 aliphatic rings. The van der Waals surface area contributed by atoms with Crippen molar-refractivity contribution in [3.8, 4) is 0 Å². The molecule has 2 atom stereocenters. The van der Waals surface area contributed by atoms with Gasteiger partial charge < -0.3 is 4.74 Å². The second kappa shape index (κ2) is 7.90. The second-order valence-electron chi connectivity index (χ2n) is 6.02. The summed E-state index contributed by atoms with van der Waals surface area (Å²) in [4.78, 5) is 11.8. The van der Waals surface area contributed by atoms with Gasteiger partial charge in [-0.25, -0.2) is 0 Å². The fourth-order valence-electron chi connectivity index (χ4n) is 2.69. The summed E-state index contributed by atoms with van der Waals surface area (Å²) in [6.45, 7) is 8.71. The van der Waals surface area contributed by atoms with Crippen LogP contribution in [0.1, 0.15) is 59.8 Å². The Kier molecular flexibility index (Phi) is 6.87. The van der Waals surface area contributed by atoms with Crippen molar-refractivity contribution < 1.29 is 9.53 Å². The highest BCUT2D eigenvalue weighted by molar-refractivity contribution is 5.81. The minimum atomic E-state index is -0.0387. The van der Waals surface area contributed by atoms with Gasteiger partial charge in [-0.3, -0.25) is 10.1 Å². The fraction of sp³-hybridized carbons (Fsp3) is 0.933. The summed E-state index contributed by atoms with van der Waals surface area (Å²) >= 11 is 0. The van der Waals surface area contributed by atoms with E-state index in [2.05, 4.69) is 19.2 Å². The maximum Gasteiger partial charge on any atom is 0.147 e. The first-order valence-electron chi connectivity index (χ1n) is 7.38. The molecule has 1 rings (SSSR count). The smallest absolute Gasteiger partial charge is 0.147 e. The van der Waals surface area contributed by atoms with Gasteiger partial charge in [-0.2, -0.15) is 0 Å². The lowest BCUT2D eigenvalue weighted by Crippen LogP contribution is -2.47. The van der Waals surface area contributed by atoms with Crippen molar-refractivity contribution in [1.82, 2.24) is 5.32 Å². The lowest BCUT2D eigenvalue weighted by molar-refractivity contribution is -0.122. The number of ether oxygens (including phenoxy) is 1. The van der Waals surface area contributed by atoms with E-state index >= 15 is 0 Å². The molecule has 0 saturated heterocycles. The highest BCUT2D eigenvalue weighted by Gasteiger charge is 2.28. The normalized spacial score (nSPS) is 20.9. The van der Waals surface area contributed by atoms with Crippen LogP contribution in [0.2, 0.25) is 0 Å². The first-order valence-corrected chi connectivity index (χ1v) is 7.38. The SMILES string of the molecule is CC(=O)C(NC(C)OCC(C)C)C1CCCCC1. The molecule has 1 saturated carbocycles. The average Bonchev–Trinajstić information content (AvgIpc) is 2.34. The van der Waals surface area contributed by atoms with Crippen LogP contribution in [0.4, 0.5) is 0 Å². The van der Waals surface area contributed by atoms with Crippen molar-refractivity contribution >= 4 is 5.78 Å². The number of hydrogen-bond acceptors (Lipinski definition) is 3. The van der Waals surface area contributed by atoms with Crippen molar-refractivity contribution in [1.29, 1.82) is 0 Å². The van der Waals surface area contributed by atoms with E-state index in [4.69, 9.17) is 4.74 Å². The van der Waals surface area contributed by atoms with Crippen molar-refractivity contribution in [2.75, 3.05) is 6.61 Å². The summed E-state index contributed by atoms with van der Waals surface area (Å²) in [7, 11) is 0. The van der Waals surface area contributed by atoms with Gasteiger partial charge in [0.1, 0.15) is 12.0 Å². The number of carbonyl (C=O) groups excluding carboxylic acids is 1. The molecule has 0 bridgehead atoms. The molecular weight excluding hydrogens is 226 g/mol. The topological polar surface area (TPSA) is 38.3 Å². The number of Topliss-reactive ketones (excluding diaryl/α,β-unsaturated/α-hetero) is 1. The number of hydrogen-bond donors (Lipinski definition) is 1. The minimum Gasteiger partial charge on any atom is -0.363 e. The summed E-state index contributed by atoms with van der Waals surface area (Å²) in [6, 6.07) is -0.0209. The third-order valence-electron chi connectivity index (χ3n) is 3.65. The molecule has 0 amide bonds. The maximum atomic E-state index is 11.8. The van der Waals surface area contributed by atoms with Crippen LogP contribution >= 0.6 is 0 Å². The zero-order chi connectivity index (χ0) is 13.5. The minimum absolute atomic E-state index is 0.0209. The van der Waals surface area contributed by atoms with Gasteiger partial charge in [0.15, 0.2) is 0 Å². The fourth-order valence-corrected chi connectivity index (χ4v) is 2.69. The summed E-state index contributed by atoms with van der Waals surface area (Å²) in [6.07, 6.45) is 6.15. The largest absolute Gasteiger partial charge is 0.363 e. The quantitative estimate of drug-likeness (QED) is 0.710. The molecule has 3 nitrogen and oxygen atoms in total. The molecule has 0 spiro atoms. The monoisotopic (exact) mass is 255 g/mol. The molecule has 0 aromatic rings. The van der Waals surface area contributed by atoms with Crippen LogP contribution in [0.5, 0.6) is 0 Å².